The molecule has 1 heterocycles. The maximum absolute atomic E-state index is 12.1. The molecular weight excluding hydrogens is 266 g/mol. The van der Waals surface area contributed by atoms with E-state index >= 15 is 0 Å². The number of nitrogens with zero attached hydrogens (tertiary/aromatic N) is 1. The zero-order valence-corrected chi connectivity index (χ0v) is 11.7. The summed E-state index contributed by atoms with van der Waals surface area (Å²) in [6.07, 6.45) is 0.292. The molecule has 102 valence electrons. The molecule has 0 amide bonds. The highest BCUT2D eigenvalue weighted by Crippen LogP contribution is 2.22. The molecule has 8 heteroatoms. The molecule has 1 aliphatic rings. The van der Waals surface area contributed by atoms with Crippen LogP contribution in [-0.4, -0.2) is 62.7 Å². The van der Waals surface area contributed by atoms with Gasteiger partial charge in [0.2, 0.25) is 10.0 Å². The number of hydrogen-bond acceptors (Lipinski definition) is 5. The number of sulfonamides is 1. The monoisotopic (exact) mass is 285 g/mol. The van der Waals surface area contributed by atoms with Gasteiger partial charge in [-0.15, -0.1) is 0 Å². The largest absolute Gasteiger partial charge is 0.395 e. The van der Waals surface area contributed by atoms with E-state index in [9.17, 15) is 16.8 Å². The van der Waals surface area contributed by atoms with Crippen molar-refractivity contribution < 1.29 is 21.9 Å². The highest BCUT2D eigenvalue weighted by atomic mass is 32.2. The Labute approximate surface area is 103 Å². The quantitative estimate of drug-likeness (QED) is 0.730. The van der Waals surface area contributed by atoms with Gasteiger partial charge < -0.3 is 5.11 Å². The van der Waals surface area contributed by atoms with Crippen molar-refractivity contribution in [2.24, 2.45) is 0 Å². The van der Waals surface area contributed by atoms with Crippen LogP contribution in [0, 0.1) is 0 Å². The maximum Gasteiger partial charge on any atom is 0.217 e. The van der Waals surface area contributed by atoms with E-state index in [1.165, 1.54) is 7.05 Å². The Morgan fingerprint density at radius 1 is 1.35 bits per heavy atom. The standard InChI is InChI=1S/C9H19NO5S2/c1-8(7-11)10(2)17(14,15)9-3-5-16(12,13)6-4-9/h8-9,11H,3-7H2,1-2H3. The van der Waals surface area contributed by atoms with E-state index in [1.54, 1.807) is 6.92 Å². The van der Waals surface area contributed by atoms with Crippen molar-refractivity contribution in [1.82, 2.24) is 4.31 Å². The molecule has 0 aliphatic carbocycles. The molecular formula is C9H19NO5S2. The Kier molecular flexibility index (Phi) is 4.56. The van der Waals surface area contributed by atoms with Gasteiger partial charge in [0.05, 0.1) is 23.4 Å². The SMILES string of the molecule is CC(CO)N(C)S(=O)(=O)C1CCS(=O)(=O)CC1. The van der Waals surface area contributed by atoms with Crippen molar-refractivity contribution in [2.75, 3.05) is 25.2 Å². The maximum atomic E-state index is 12.1. The van der Waals surface area contributed by atoms with Crippen LogP contribution in [0.3, 0.4) is 0 Å². The van der Waals surface area contributed by atoms with Gasteiger partial charge >= 0.3 is 0 Å². The summed E-state index contributed by atoms with van der Waals surface area (Å²) in [6, 6.07) is -0.487. The van der Waals surface area contributed by atoms with Crippen LogP contribution in [0.25, 0.3) is 0 Å². The van der Waals surface area contributed by atoms with Gasteiger partial charge in [-0.1, -0.05) is 0 Å². The second kappa shape index (κ2) is 5.21. The van der Waals surface area contributed by atoms with Crippen LogP contribution in [0.2, 0.25) is 0 Å². The first-order chi connectivity index (χ1) is 7.70. The molecule has 0 aromatic rings. The summed E-state index contributed by atoms with van der Waals surface area (Å²) in [6.45, 7) is 1.36. The third kappa shape index (κ3) is 3.40. The van der Waals surface area contributed by atoms with Gasteiger partial charge in [-0.3, -0.25) is 0 Å². The molecule has 0 spiro atoms. The molecule has 1 rings (SSSR count). The van der Waals surface area contributed by atoms with Crippen LogP contribution in [0.15, 0.2) is 0 Å². The van der Waals surface area contributed by atoms with Gasteiger partial charge in [-0.05, 0) is 19.8 Å². The summed E-state index contributed by atoms with van der Waals surface area (Å²) in [7, 11) is -5.16. The minimum Gasteiger partial charge on any atom is -0.395 e. The minimum atomic E-state index is -3.51. The fourth-order valence-corrected chi connectivity index (χ4v) is 5.43. The van der Waals surface area contributed by atoms with Crippen molar-refractivity contribution in [3.8, 4) is 0 Å². The average molecular weight is 285 g/mol. The van der Waals surface area contributed by atoms with E-state index in [0.29, 0.717) is 0 Å². The predicted molar refractivity (Wildman–Crippen MR) is 64.9 cm³/mol. The minimum absolute atomic E-state index is 0.0712. The van der Waals surface area contributed by atoms with E-state index in [1.807, 2.05) is 0 Å². The van der Waals surface area contributed by atoms with E-state index in [-0.39, 0.29) is 31.0 Å². The number of sulfone groups is 1. The molecule has 6 nitrogen and oxygen atoms in total. The summed E-state index contributed by atoms with van der Waals surface area (Å²) in [5.74, 6) is -0.142. The lowest BCUT2D eigenvalue weighted by Crippen LogP contribution is -2.45. The molecule has 1 saturated heterocycles. The first-order valence-electron chi connectivity index (χ1n) is 5.49. The zero-order chi connectivity index (χ0) is 13.3. The Hall–Kier alpha value is -0.180. The number of aliphatic hydroxyl groups is 1. The lowest BCUT2D eigenvalue weighted by Gasteiger charge is -2.29. The third-order valence-corrected chi connectivity index (χ3v) is 7.40. The third-order valence-electron chi connectivity index (χ3n) is 3.21. The summed E-state index contributed by atoms with van der Waals surface area (Å²) in [5, 5.41) is 8.30. The average Bonchev–Trinajstić information content (AvgIpc) is 2.26. The van der Waals surface area contributed by atoms with Crippen LogP contribution in [-0.2, 0) is 19.9 Å². The molecule has 1 unspecified atom stereocenters. The van der Waals surface area contributed by atoms with E-state index in [0.717, 1.165) is 4.31 Å². The lowest BCUT2D eigenvalue weighted by atomic mass is 10.2. The Morgan fingerprint density at radius 2 is 1.82 bits per heavy atom. The van der Waals surface area contributed by atoms with Gasteiger partial charge in [0.1, 0.15) is 9.84 Å². The van der Waals surface area contributed by atoms with Crippen molar-refractivity contribution in [3.05, 3.63) is 0 Å². The van der Waals surface area contributed by atoms with Gasteiger partial charge in [-0.25, -0.2) is 16.8 Å². The summed E-state index contributed by atoms with van der Waals surface area (Å²) < 4.78 is 47.8. The second-order valence-corrected chi connectivity index (χ2v) is 9.02. The fraction of sp³-hybridized carbons (Fsp3) is 1.00. The van der Waals surface area contributed by atoms with Crippen LogP contribution in [0.5, 0.6) is 0 Å². The number of hydrogen-bond donors (Lipinski definition) is 1. The van der Waals surface area contributed by atoms with Crippen molar-refractivity contribution >= 4 is 19.9 Å². The Bertz CT molecular complexity index is 442. The second-order valence-electron chi connectivity index (χ2n) is 4.44. The summed E-state index contributed by atoms with van der Waals surface area (Å²) in [4.78, 5) is 0. The molecule has 0 bridgehead atoms. The lowest BCUT2D eigenvalue weighted by molar-refractivity contribution is 0.212. The normalized spacial score (nSPS) is 23.8. The van der Waals surface area contributed by atoms with E-state index in [4.69, 9.17) is 5.11 Å². The zero-order valence-electron chi connectivity index (χ0n) is 10.0. The molecule has 0 aromatic heterocycles. The molecule has 0 radical (unpaired) electrons. The number of aliphatic hydroxyl groups excluding tert-OH is 1. The van der Waals surface area contributed by atoms with E-state index in [2.05, 4.69) is 0 Å². The van der Waals surface area contributed by atoms with Crippen LogP contribution < -0.4 is 0 Å². The molecule has 17 heavy (non-hydrogen) atoms. The van der Waals surface area contributed by atoms with Gasteiger partial charge in [0, 0.05) is 13.1 Å². The topological polar surface area (TPSA) is 91.8 Å². The van der Waals surface area contributed by atoms with E-state index < -0.39 is 31.2 Å². The van der Waals surface area contributed by atoms with Crippen molar-refractivity contribution in [3.63, 3.8) is 0 Å². The first kappa shape index (κ1) is 14.9. The summed E-state index contributed by atoms with van der Waals surface area (Å²) >= 11 is 0. The fourth-order valence-electron chi connectivity index (χ4n) is 1.77. The molecule has 1 atom stereocenters. The molecule has 1 fully saturated rings. The van der Waals surface area contributed by atoms with Crippen LogP contribution in [0.1, 0.15) is 19.8 Å². The number of rotatable bonds is 4. The van der Waals surface area contributed by atoms with Crippen molar-refractivity contribution in [2.45, 2.75) is 31.1 Å². The highest BCUT2D eigenvalue weighted by Gasteiger charge is 2.36. The summed E-state index contributed by atoms with van der Waals surface area (Å²) in [5.41, 5.74) is 0. The van der Waals surface area contributed by atoms with Gasteiger partial charge in [0.25, 0.3) is 0 Å². The molecule has 0 aromatic carbocycles. The predicted octanol–water partition coefficient (Wildman–Crippen LogP) is -0.794. The van der Waals surface area contributed by atoms with Gasteiger partial charge in [0.15, 0.2) is 0 Å². The van der Waals surface area contributed by atoms with Crippen LogP contribution >= 0.6 is 0 Å². The van der Waals surface area contributed by atoms with Crippen LogP contribution in [0.4, 0.5) is 0 Å². The molecule has 1 aliphatic heterocycles. The van der Waals surface area contributed by atoms with Crippen molar-refractivity contribution in [1.29, 1.82) is 0 Å². The van der Waals surface area contributed by atoms with Gasteiger partial charge in [-0.2, -0.15) is 4.31 Å². The molecule has 1 N–H and O–H groups in total. The Morgan fingerprint density at radius 3 is 2.24 bits per heavy atom. The first-order valence-corrected chi connectivity index (χ1v) is 8.81. The Balaban J connectivity index is 2.80. The highest BCUT2D eigenvalue weighted by molar-refractivity contribution is 7.92. The number of likely N-dealkylation sites (N-methyl/N-ethyl adjacent to an activating group) is 1. The smallest absolute Gasteiger partial charge is 0.217 e. The molecule has 0 saturated carbocycles.